The Balaban J connectivity index is 2.59. The van der Waals surface area contributed by atoms with Gasteiger partial charge >= 0.3 is 11.9 Å². The van der Waals surface area contributed by atoms with E-state index in [1.165, 1.54) is 12.1 Å². The summed E-state index contributed by atoms with van der Waals surface area (Å²) in [5, 5.41) is 17.8. The molecular weight excluding hydrogens is 200 g/mol. The van der Waals surface area contributed by atoms with E-state index in [1.807, 2.05) is 0 Å². The summed E-state index contributed by atoms with van der Waals surface area (Å²) in [5.74, 6) is -2.48. The number of benzene rings is 1. The van der Waals surface area contributed by atoms with Crippen molar-refractivity contribution in [3.05, 3.63) is 34.9 Å². The third kappa shape index (κ3) is 1.69. The molecule has 0 aromatic heterocycles. The molecule has 1 aliphatic rings. The molecule has 2 N–H and O–H groups in total. The standard InChI is InChI=1S/C10H8O5/c11-9(12)6-3-1-2-5(7-4-15-7)8(6)10(13)14/h1-3,7H,4H2,(H,11,12)(H,13,14). The van der Waals surface area contributed by atoms with Gasteiger partial charge in [-0.1, -0.05) is 12.1 Å². The van der Waals surface area contributed by atoms with Crippen LogP contribution >= 0.6 is 0 Å². The lowest BCUT2D eigenvalue weighted by Gasteiger charge is -2.05. The number of rotatable bonds is 3. The van der Waals surface area contributed by atoms with Crippen molar-refractivity contribution in [2.45, 2.75) is 6.10 Å². The molecule has 1 aromatic rings. The summed E-state index contributed by atoms with van der Waals surface area (Å²) in [5.41, 5.74) is 0.0606. The minimum atomic E-state index is -1.24. The second-order valence-electron chi connectivity index (χ2n) is 3.20. The molecule has 0 radical (unpaired) electrons. The predicted molar refractivity (Wildman–Crippen MR) is 49.1 cm³/mol. The largest absolute Gasteiger partial charge is 0.478 e. The van der Waals surface area contributed by atoms with Gasteiger partial charge in [0.15, 0.2) is 0 Å². The van der Waals surface area contributed by atoms with Gasteiger partial charge in [-0.05, 0) is 11.6 Å². The van der Waals surface area contributed by atoms with Gasteiger partial charge in [-0.2, -0.15) is 0 Å². The highest BCUT2D eigenvalue weighted by molar-refractivity contribution is 6.02. The molecule has 1 unspecified atom stereocenters. The first-order valence-corrected chi connectivity index (χ1v) is 4.32. The second-order valence-corrected chi connectivity index (χ2v) is 3.20. The van der Waals surface area contributed by atoms with Crippen molar-refractivity contribution in [2.24, 2.45) is 0 Å². The van der Waals surface area contributed by atoms with E-state index >= 15 is 0 Å². The fraction of sp³-hybridized carbons (Fsp3) is 0.200. The summed E-state index contributed by atoms with van der Waals surface area (Å²) in [7, 11) is 0. The van der Waals surface area contributed by atoms with Gasteiger partial charge < -0.3 is 14.9 Å². The molecule has 0 spiro atoms. The first-order valence-electron chi connectivity index (χ1n) is 4.32. The number of carboxylic acids is 2. The van der Waals surface area contributed by atoms with Crippen molar-refractivity contribution in [2.75, 3.05) is 6.61 Å². The van der Waals surface area contributed by atoms with Crippen molar-refractivity contribution >= 4 is 11.9 Å². The monoisotopic (exact) mass is 208 g/mol. The molecule has 1 heterocycles. The summed E-state index contributed by atoms with van der Waals surface area (Å²) in [6.07, 6.45) is -0.268. The lowest BCUT2D eigenvalue weighted by Crippen LogP contribution is -2.11. The third-order valence-electron chi connectivity index (χ3n) is 2.22. The van der Waals surface area contributed by atoms with E-state index in [4.69, 9.17) is 14.9 Å². The van der Waals surface area contributed by atoms with Gasteiger partial charge in [0.05, 0.1) is 17.7 Å². The number of carbonyl (C=O) groups is 2. The molecule has 5 nitrogen and oxygen atoms in total. The fourth-order valence-corrected chi connectivity index (χ4v) is 1.48. The molecular formula is C10H8O5. The number of hydrogen-bond acceptors (Lipinski definition) is 3. The van der Waals surface area contributed by atoms with E-state index < -0.39 is 11.9 Å². The quantitative estimate of drug-likeness (QED) is 0.727. The zero-order valence-electron chi connectivity index (χ0n) is 7.64. The van der Waals surface area contributed by atoms with E-state index in [0.717, 1.165) is 0 Å². The Labute approximate surface area is 84.9 Å². The number of hydrogen-bond donors (Lipinski definition) is 2. The maximum absolute atomic E-state index is 11.0. The molecule has 0 bridgehead atoms. The molecule has 1 atom stereocenters. The van der Waals surface area contributed by atoms with Crippen molar-refractivity contribution in [1.82, 2.24) is 0 Å². The summed E-state index contributed by atoms with van der Waals surface area (Å²) < 4.78 is 4.96. The molecule has 15 heavy (non-hydrogen) atoms. The number of aromatic carboxylic acids is 2. The van der Waals surface area contributed by atoms with Crippen molar-refractivity contribution in [3.63, 3.8) is 0 Å². The van der Waals surface area contributed by atoms with Crippen molar-refractivity contribution in [1.29, 1.82) is 0 Å². The first-order chi connectivity index (χ1) is 7.11. The van der Waals surface area contributed by atoms with E-state index in [-0.39, 0.29) is 17.2 Å². The van der Waals surface area contributed by atoms with Gasteiger partial charge in [0.1, 0.15) is 6.10 Å². The Bertz CT molecular complexity index is 433. The molecule has 1 aromatic carbocycles. The van der Waals surface area contributed by atoms with E-state index in [9.17, 15) is 9.59 Å². The smallest absolute Gasteiger partial charge is 0.336 e. The maximum atomic E-state index is 11.0. The molecule has 5 heteroatoms. The van der Waals surface area contributed by atoms with Gasteiger partial charge in [-0.3, -0.25) is 0 Å². The Morgan fingerprint density at radius 2 is 1.93 bits per heavy atom. The molecule has 1 aliphatic heterocycles. The molecule has 2 rings (SSSR count). The van der Waals surface area contributed by atoms with Crippen LogP contribution in [-0.2, 0) is 4.74 Å². The summed E-state index contributed by atoms with van der Waals surface area (Å²) in [4.78, 5) is 21.8. The molecule has 0 aliphatic carbocycles. The topological polar surface area (TPSA) is 87.1 Å². The Morgan fingerprint density at radius 3 is 2.40 bits per heavy atom. The van der Waals surface area contributed by atoms with Crippen LogP contribution in [0.3, 0.4) is 0 Å². The minimum Gasteiger partial charge on any atom is -0.478 e. The third-order valence-corrected chi connectivity index (χ3v) is 2.22. The number of carboxylic acid groups (broad SMARTS) is 2. The average Bonchev–Trinajstić information content (AvgIpc) is 2.99. The van der Waals surface area contributed by atoms with Gasteiger partial charge in [-0.25, -0.2) is 9.59 Å². The molecule has 78 valence electrons. The first kappa shape index (κ1) is 9.67. The van der Waals surface area contributed by atoms with Crippen LogP contribution in [0.25, 0.3) is 0 Å². The van der Waals surface area contributed by atoms with E-state index in [0.29, 0.717) is 12.2 Å². The Kier molecular flexibility index (Phi) is 2.17. The fourth-order valence-electron chi connectivity index (χ4n) is 1.48. The van der Waals surface area contributed by atoms with Gasteiger partial charge in [0.2, 0.25) is 0 Å². The van der Waals surface area contributed by atoms with Crippen LogP contribution in [0.15, 0.2) is 18.2 Å². The highest BCUT2D eigenvalue weighted by Crippen LogP contribution is 2.33. The van der Waals surface area contributed by atoms with Crippen LogP contribution in [0.2, 0.25) is 0 Å². The Hall–Kier alpha value is -1.88. The van der Waals surface area contributed by atoms with Gasteiger partial charge in [0.25, 0.3) is 0 Å². The van der Waals surface area contributed by atoms with Crippen molar-refractivity contribution < 1.29 is 24.5 Å². The van der Waals surface area contributed by atoms with Crippen LogP contribution in [-0.4, -0.2) is 28.8 Å². The number of epoxide rings is 1. The van der Waals surface area contributed by atoms with E-state index in [2.05, 4.69) is 0 Å². The van der Waals surface area contributed by atoms with Crippen LogP contribution in [0.5, 0.6) is 0 Å². The van der Waals surface area contributed by atoms with Gasteiger partial charge in [0, 0.05) is 0 Å². The van der Waals surface area contributed by atoms with Crippen LogP contribution in [0, 0.1) is 0 Å². The lowest BCUT2D eigenvalue weighted by atomic mass is 9.99. The zero-order chi connectivity index (χ0) is 11.0. The highest BCUT2D eigenvalue weighted by Gasteiger charge is 2.31. The minimum absolute atomic E-state index is 0.174. The van der Waals surface area contributed by atoms with Crippen LogP contribution in [0.4, 0.5) is 0 Å². The SMILES string of the molecule is O=C(O)c1cccc(C2CO2)c1C(=O)O. The van der Waals surface area contributed by atoms with Crippen molar-refractivity contribution in [3.8, 4) is 0 Å². The Morgan fingerprint density at radius 1 is 1.27 bits per heavy atom. The zero-order valence-corrected chi connectivity index (χ0v) is 7.64. The van der Waals surface area contributed by atoms with E-state index in [1.54, 1.807) is 6.07 Å². The second kappa shape index (κ2) is 3.36. The maximum Gasteiger partial charge on any atom is 0.336 e. The highest BCUT2D eigenvalue weighted by atomic mass is 16.6. The molecule has 1 fully saturated rings. The number of ether oxygens (including phenoxy) is 1. The van der Waals surface area contributed by atoms with Gasteiger partial charge in [-0.15, -0.1) is 0 Å². The summed E-state index contributed by atoms with van der Waals surface area (Å²) >= 11 is 0. The van der Waals surface area contributed by atoms with Crippen LogP contribution in [0.1, 0.15) is 32.4 Å². The molecule has 1 saturated heterocycles. The average molecular weight is 208 g/mol. The predicted octanol–water partition coefficient (Wildman–Crippen LogP) is 1.15. The molecule has 0 saturated carbocycles. The van der Waals surface area contributed by atoms with Crippen LogP contribution < -0.4 is 0 Å². The summed E-state index contributed by atoms with van der Waals surface area (Å²) in [6.45, 7) is 0.448. The lowest BCUT2D eigenvalue weighted by molar-refractivity contribution is 0.0650. The molecule has 0 amide bonds. The summed E-state index contributed by atoms with van der Waals surface area (Å²) in [6, 6.07) is 4.37. The normalized spacial score (nSPS) is 18.5.